The summed E-state index contributed by atoms with van der Waals surface area (Å²) in [6.45, 7) is 8.23. The van der Waals surface area contributed by atoms with Crippen molar-refractivity contribution in [2.24, 2.45) is 5.41 Å². The fourth-order valence-electron chi connectivity index (χ4n) is 5.30. The van der Waals surface area contributed by atoms with E-state index in [-0.39, 0.29) is 11.1 Å². The molecule has 0 radical (unpaired) electrons. The lowest BCUT2D eigenvalue weighted by atomic mass is 9.70. The number of non-ortho nitro benzene ring substituents is 1. The van der Waals surface area contributed by atoms with Gasteiger partial charge in [0.25, 0.3) is 5.69 Å². The second kappa shape index (κ2) is 10.3. The molecule has 2 aromatic carbocycles. The molecule has 0 N–H and O–H groups in total. The van der Waals surface area contributed by atoms with Crippen LogP contribution in [0.4, 0.5) is 24.5 Å². The van der Waals surface area contributed by atoms with Gasteiger partial charge in [-0.05, 0) is 24.3 Å². The summed E-state index contributed by atoms with van der Waals surface area (Å²) in [6.07, 6.45) is -0.759. The minimum atomic E-state index is -4.63. The van der Waals surface area contributed by atoms with Gasteiger partial charge >= 0.3 is 6.18 Å². The van der Waals surface area contributed by atoms with E-state index in [1.165, 1.54) is 17.7 Å². The molecule has 8 heteroatoms. The number of hydrogen-bond donors (Lipinski definition) is 0. The van der Waals surface area contributed by atoms with Gasteiger partial charge in [-0.3, -0.25) is 10.1 Å². The maximum atomic E-state index is 13.6. The monoisotopic (exact) mass is 478 g/mol. The van der Waals surface area contributed by atoms with Crippen molar-refractivity contribution >= 4 is 11.4 Å². The smallest absolute Gasteiger partial charge is 0.371 e. The summed E-state index contributed by atoms with van der Waals surface area (Å²) in [7, 11) is 2.29. The van der Waals surface area contributed by atoms with Gasteiger partial charge in [0.2, 0.25) is 0 Å². The van der Waals surface area contributed by atoms with Crippen LogP contribution in [0.2, 0.25) is 0 Å². The molecule has 0 amide bonds. The van der Waals surface area contributed by atoms with E-state index in [9.17, 15) is 23.3 Å². The molecule has 0 unspecified atom stereocenters. The Morgan fingerprint density at radius 2 is 1.59 bits per heavy atom. The summed E-state index contributed by atoms with van der Waals surface area (Å²) in [4.78, 5) is 11.9. The molecule has 186 valence electrons. The van der Waals surface area contributed by atoms with E-state index in [1.54, 1.807) is 4.90 Å². The van der Waals surface area contributed by atoms with Crippen molar-refractivity contribution in [3.63, 3.8) is 0 Å². The number of nitrogens with zero attached hydrogens (tertiary/aromatic N) is 3. The lowest BCUT2D eigenvalue weighted by Crippen LogP contribution is -2.54. The second-order valence-electron chi connectivity index (χ2n) is 9.65. The largest absolute Gasteiger partial charge is 0.418 e. The summed E-state index contributed by atoms with van der Waals surface area (Å²) in [5.41, 5.74) is 0.122. The second-order valence-corrected chi connectivity index (χ2v) is 9.65. The van der Waals surface area contributed by atoms with E-state index in [0.717, 1.165) is 49.8 Å². The third kappa shape index (κ3) is 5.90. The molecule has 2 heterocycles. The predicted octanol–water partition coefficient (Wildman–Crippen LogP) is 6.67. The highest BCUT2D eigenvalue weighted by molar-refractivity contribution is 5.59. The molecular weight excluding hydrogens is 443 g/mol. The number of quaternary nitrogens is 1. The number of nitro groups is 1. The Morgan fingerprint density at radius 3 is 2.12 bits per heavy atom. The number of nitro benzene ring substituents is 1. The fraction of sp³-hybridized carbons (Fsp3) is 0.538. The van der Waals surface area contributed by atoms with E-state index in [2.05, 4.69) is 31.3 Å². The standard InChI is InChI=1S/C24H29F3N3O2.C2H6/c1-30(18-19-5-3-2-4-6-19)15-11-23(12-16-30)9-13-28(14-10-23)22-8-7-20(29(31)32)17-21(22)24(25,26)27;1-2/h2-8,17H,9-16,18H2,1H3;1-2H3/q+1;. The number of hydrogen-bond acceptors (Lipinski definition) is 3. The van der Waals surface area contributed by atoms with Crippen molar-refractivity contribution in [3.8, 4) is 0 Å². The maximum absolute atomic E-state index is 13.6. The van der Waals surface area contributed by atoms with Crippen LogP contribution in [-0.2, 0) is 12.7 Å². The highest BCUT2D eigenvalue weighted by atomic mass is 19.4. The fourth-order valence-corrected chi connectivity index (χ4v) is 5.30. The van der Waals surface area contributed by atoms with Crippen LogP contribution in [-0.4, -0.2) is 42.6 Å². The summed E-state index contributed by atoms with van der Waals surface area (Å²) >= 11 is 0. The molecule has 2 saturated heterocycles. The number of halogens is 3. The zero-order valence-electron chi connectivity index (χ0n) is 20.3. The van der Waals surface area contributed by atoms with Crippen molar-refractivity contribution < 1.29 is 22.6 Å². The van der Waals surface area contributed by atoms with Gasteiger partial charge < -0.3 is 9.38 Å². The number of anilines is 1. The quantitative estimate of drug-likeness (QED) is 0.280. The van der Waals surface area contributed by atoms with Crippen LogP contribution in [0.25, 0.3) is 0 Å². The van der Waals surface area contributed by atoms with Crippen LogP contribution in [0.3, 0.4) is 0 Å². The van der Waals surface area contributed by atoms with Crippen LogP contribution in [0, 0.1) is 15.5 Å². The number of piperidine rings is 2. The number of rotatable bonds is 4. The first-order valence-corrected chi connectivity index (χ1v) is 12.1. The lowest BCUT2D eigenvalue weighted by Gasteiger charge is -2.50. The molecule has 0 saturated carbocycles. The summed E-state index contributed by atoms with van der Waals surface area (Å²) in [6, 6.07) is 13.6. The zero-order chi connectivity index (χ0) is 25.0. The molecule has 5 nitrogen and oxygen atoms in total. The molecule has 34 heavy (non-hydrogen) atoms. The molecule has 2 aromatic rings. The lowest BCUT2D eigenvalue weighted by molar-refractivity contribution is -0.929. The molecular formula is C26H35F3N3O2+. The Morgan fingerprint density at radius 1 is 1.00 bits per heavy atom. The first-order chi connectivity index (χ1) is 16.1. The van der Waals surface area contributed by atoms with E-state index in [1.807, 2.05) is 19.9 Å². The topological polar surface area (TPSA) is 46.4 Å². The zero-order valence-corrected chi connectivity index (χ0v) is 20.3. The molecule has 1 spiro atoms. The van der Waals surface area contributed by atoms with Gasteiger partial charge in [0.1, 0.15) is 6.54 Å². The Kier molecular flexibility index (Phi) is 7.91. The third-order valence-corrected chi connectivity index (χ3v) is 7.43. The van der Waals surface area contributed by atoms with Crippen LogP contribution in [0.15, 0.2) is 48.5 Å². The minimum Gasteiger partial charge on any atom is -0.371 e. The predicted molar refractivity (Wildman–Crippen MR) is 129 cm³/mol. The van der Waals surface area contributed by atoms with Gasteiger partial charge in [0.15, 0.2) is 0 Å². The minimum absolute atomic E-state index is 0.0541. The summed E-state index contributed by atoms with van der Waals surface area (Å²) in [5.74, 6) is 0. The molecule has 0 atom stereocenters. The Labute approximate surface area is 199 Å². The highest BCUT2D eigenvalue weighted by Crippen LogP contribution is 2.46. The third-order valence-electron chi connectivity index (χ3n) is 7.43. The first kappa shape index (κ1) is 26.0. The number of benzene rings is 2. The van der Waals surface area contributed by atoms with Crippen molar-refractivity contribution in [3.05, 3.63) is 69.8 Å². The van der Waals surface area contributed by atoms with E-state index in [4.69, 9.17) is 0 Å². The molecule has 0 aliphatic carbocycles. The van der Waals surface area contributed by atoms with Gasteiger partial charge in [-0.2, -0.15) is 13.2 Å². The Bertz CT molecular complexity index is 961. The van der Waals surface area contributed by atoms with Crippen molar-refractivity contribution in [2.75, 3.05) is 38.1 Å². The Hall–Kier alpha value is -2.61. The van der Waals surface area contributed by atoms with Gasteiger partial charge in [-0.25, -0.2) is 0 Å². The Balaban J connectivity index is 0.00000158. The molecule has 2 aliphatic heterocycles. The SMILES string of the molecule is CC.C[N+]1(Cc2ccccc2)CCC2(CCN(c3ccc([N+](=O)[O-])cc3C(F)(F)F)CC2)CC1. The van der Waals surface area contributed by atoms with Crippen LogP contribution >= 0.6 is 0 Å². The van der Waals surface area contributed by atoms with Gasteiger partial charge in [-0.15, -0.1) is 0 Å². The number of alkyl halides is 3. The van der Waals surface area contributed by atoms with Gasteiger partial charge in [-0.1, -0.05) is 44.2 Å². The van der Waals surface area contributed by atoms with Crippen molar-refractivity contribution in [2.45, 2.75) is 52.3 Å². The first-order valence-electron chi connectivity index (χ1n) is 12.1. The van der Waals surface area contributed by atoms with Crippen LogP contribution in [0.1, 0.15) is 50.7 Å². The normalized spacial score (nSPS) is 19.3. The molecule has 0 bridgehead atoms. The molecule has 0 aromatic heterocycles. The van der Waals surface area contributed by atoms with E-state index >= 15 is 0 Å². The van der Waals surface area contributed by atoms with E-state index < -0.39 is 22.4 Å². The summed E-state index contributed by atoms with van der Waals surface area (Å²) < 4.78 is 41.8. The van der Waals surface area contributed by atoms with Crippen LogP contribution < -0.4 is 4.90 Å². The average molecular weight is 479 g/mol. The summed E-state index contributed by atoms with van der Waals surface area (Å²) in [5, 5.41) is 11.0. The number of likely N-dealkylation sites (tertiary alicyclic amines) is 1. The molecule has 2 fully saturated rings. The average Bonchev–Trinajstić information content (AvgIpc) is 2.83. The van der Waals surface area contributed by atoms with Gasteiger partial charge in [0, 0.05) is 49.3 Å². The molecule has 4 rings (SSSR count). The highest BCUT2D eigenvalue weighted by Gasteiger charge is 2.44. The van der Waals surface area contributed by atoms with Crippen molar-refractivity contribution in [1.29, 1.82) is 0 Å². The van der Waals surface area contributed by atoms with Crippen molar-refractivity contribution in [1.82, 2.24) is 0 Å². The van der Waals surface area contributed by atoms with Crippen LogP contribution in [0.5, 0.6) is 0 Å². The molecule has 2 aliphatic rings. The van der Waals surface area contributed by atoms with Gasteiger partial charge in [0.05, 0.1) is 30.6 Å². The maximum Gasteiger partial charge on any atom is 0.418 e. The van der Waals surface area contributed by atoms with E-state index in [0.29, 0.717) is 19.2 Å².